The van der Waals surface area contributed by atoms with Gasteiger partial charge in [-0.05, 0) is 43.6 Å². The molecule has 1 N–H and O–H groups in total. The Morgan fingerprint density at radius 3 is 2.42 bits per heavy atom. The van der Waals surface area contributed by atoms with Gasteiger partial charge in [0.25, 0.3) is 0 Å². The number of hydrogen-bond acceptors (Lipinski definition) is 2. The first-order valence-electron chi connectivity index (χ1n) is 6.78. The first-order valence-corrected chi connectivity index (χ1v) is 6.78. The number of benzene rings is 1. The summed E-state index contributed by atoms with van der Waals surface area (Å²) in [5, 5.41) is 9.11. The lowest BCUT2D eigenvalue weighted by Gasteiger charge is -2.23. The monoisotopic (exact) mass is 263 g/mol. The molecule has 0 heterocycles. The van der Waals surface area contributed by atoms with E-state index in [0.29, 0.717) is 5.92 Å². The van der Waals surface area contributed by atoms with Crippen molar-refractivity contribution >= 4 is 5.97 Å². The number of carbonyl (C=O) groups is 1. The van der Waals surface area contributed by atoms with Gasteiger partial charge in [-0.1, -0.05) is 32.0 Å². The summed E-state index contributed by atoms with van der Waals surface area (Å²) in [4.78, 5) is 13.1. The number of aryl methyl sites for hydroxylation is 1. The Morgan fingerprint density at radius 2 is 1.95 bits per heavy atom. The number of carboxylic acid groups (broad SMARTS) is 1. The minimum absolute atomic E-state index is 0.0474. The third kappa shape index (κ3) is 4.67. The number of hydrogen-bond donors (Lipinski definition) is 1. The number of likely N-dealkylation sites (N-methyl/N-ethyl adjacent to an activating group) is 1. The topological polar surface area (TPSA) is 40.5 Å². The molecular weight excluding hydrogens is 238 g/mol. The van der Waals surface area contributed by atoms with Crippen LogP contribution in [0.2, 0.25) is 0 Å². The van der Waals surface area contributed by atoms with E-state index in [1.165, 1.54) is 16.7 Å². The molecule has 0 radical (unpaired) electrons. The van der Waals surface area contributed by atoms with Crippen molar-refractivity contribution in [3.05, 3.63) is 34.9 Å². The highest BCUT2D eigenvalue weighted by Gasteiger charge is 2.19. The van der Waals surface area contributed by atoms with Crippen molar-refractivity contribution in [2.45, 2.75) is 39.0 Å². The van der Waals surface area contributed by atoms with E-state index in [2.05, 4.69) is 43.9 Å². The van der Waals surface area contributed by atoms with E-state index < -0.39 is 5.97 Å². The van der Waals surface area contributed by atoms with Crippen molar-refractivity contribution in [1.82, 2.24) is 4.90 Å². The molecule has 0 aliphatic heterocycles. The summed E-state index contributed by atoms with van der Waals surface area (Å²) < 4.78 is 0. The SMILES string of the molecule is Cc1ccc(C(C)C)cc1C(CC(=O)O)CN(C)C. The summed E-state index contributed by atoms with van der Waals surface area (Å²) in [6.07, 6.45) is 0.181. The first-order chi connectivity index (χ1) is 8.81. The molecule has 1 aromatic carbocycles. The van der Waals surface area contributed by atoms with Gasteiger partial charge in [-0.3, -0.25) is 4.79 Å². The molecule has 19 heavy (non-hydrogen) atoms. The zero-order chi connectivity index (χ0) is 14.6. The number of aliphatic carboxylic acids is 1. The Labute approximate surface area is 116 Å². The molecule has 1 rings (SSSR count). The fourth-order valence-electron chi connectivity index (χ4n) is 2.38. The second-order valence-electron chi connectivity index (χ2n) is 5.83. The standard InChI is InChI=1S/C16H25NO2/c1-11(2)13-7-6-12(3)15(8-13)14(9-16(18)19)10-17(4)5/h6-8,11,14H,9-10H2,1-5H3,(H,18,19). The number of rotatable bonds is 6. The number of carboxylic acids is 1. The highest BCUT2D eigenvalue weighted by molar-refractivity contribution is 5.68. The summed E-state index contributed by atoms with van der Waals surface area (Å²) in [6, 6.07) is 6.42. The van der Waals surface area contributed by atoms with Gasteiger partial charge >= 0.3 is 5.97 Å². The zero-order valence-corrected chi connectivity index (χ0v) is 12.6. The second kappa shape index (κ2) is 6.71. The highest BCUT2D eigenvalue weighted by atomic mass is 16.4. The van der Waals surface area contributed by atoms with Crippen molar-refractivity contribution in [3.8, 4) is 0 Å². The molecule has 1 aromatic rings. The molecule has 0 aliphatic carbocycles. The lowest BCUT2D eigenvalue weighted by molar-refractivity contribution is -0.137. The second-order valence-corrected chi connectivity index (χ2v) is 5.83. The third-order valence-corrected chi connectivity index (χ3v) is 3.42. The van der Waals surface area contributed by atoms with Crippen molar-refractivity contribution in [3.63, 3.8) is 0 Å². The smallest absolute Gasteiger partial charge is 0.304 e. The lowest BCUT2D eigenvalue weighted by Crippen LogP contribution is -2.23. The molecule has 0 bridgehead atoms. The molecule has 0 fully saturated rings. The zero-order valence-electron chi connectivity index (χ0n) is 12.6. The third-order valence-electron chi connectivity index (χ3n) is 3.42. The molecule has 1 atom stereocenters. The molecular formula is C16H25NO2. The van der Waals surface area contributed by atoms with Gasteiger partial charge in [0.15, 0.2) is 0 Å². The lowest BCUT2D eigenvalue weighted by atomic mass is 9.88. The van der Waals surface area contributed by atoms with E-state index >= 15 is 0 Å². The Balaban J connectivity index is 3.12. The fraction of sp³-hybridized carbons (Fsp3) is 0.562. The van der Waals surface area contributed by atoms with Gasteiger partial charge in [-0.2, -0.15) is 0 Å². The summed E-state index contributed by atoms with van der Waals surface area (Å²) in [5.74, 6) is -0.225. The molecule has 0 saturated heterocycles. The van der Waals surface area contributed by atoms with Gasteiger partial charge in [0.2, 0.25) is 0 Å². The Hall–Kier alpha value is -1.35. The van der Waals surface area contributed by atoms with Gasteiger partial charge in [0.1, 0.15) is 0 Å². The quantitative estimate of drug-likeness (QED) is 0.856. The summed E-state index contributed by atoms with van der Waals surface area (Å²) in [6.45, 7) is 7.14. The summed E-state index contributed by atoms with van der Waals surface area (Å²) >= 11 is 0. The van der Waals surface area contributed by atoms with Crippen LogP contribution in [0.1, 0.15) is 48.8 Å². The van der Waals surface area contributed by atoms with Crippen molar-refractivity contribution < 1.29 is 9.90 Å². The van der Waals surface area contributed by atoms with E-state index in [9.17, 15) is 4.79 Å². The van der Waals surface area contributed by atoms with E-state index in [-0.39, 0.29) is 12.3 Å². The predicted octanol–water partition coefficient (Wildman–Crippen LogP) is 3.24. The van der Waals surface area contributed by atoms with Gasteiger partial charge in [0.05, 0.1) is 6.42 Å². The first kappa shape index (κ1) is 15.7. The van der Waals surface area contributed by atoms with Crippen LogP contribution in [0.3, 0.4) is 0 Å². The molecule has 106 valence electrons. The molecule has 0 aromatic heterocycles. The van der Waals surface area contributed by atoms with Crippen LogP contribution in [-0.2, 0) is 4.79 Å². The molecule has 1 unspecified atom stereocenters. The van der Waals surface area contributed by atoms with Gasteiger partial charge in [-0.25, -0.2) is 0 Å². The Bertz CT molecular complexity index is 438. The molecule has 0 saturated carbocycles. The molecule has 3 nitrogen and oxygen atoms in total. The van der Waals surface area contributed by atoms with Crippen LogP contribution < -0.4 is 0 Å². The van der Waals surface area contributed by atoms with Crippen LogP contribution >= 0.6 is 0 Å². The average molecular weight is 263 g/mol. The van der Waals surface area contributed by atoms with Crippen LogP contribution in [0.15, 0.2) is 18.2 Å². The Morgan fingerprint density at radius 1 is 1.32 bits per heavy atom. The largest absolute Gasteiger partial charge is 0.481 e. The minimum Gasteiger partial charge on any atom is -0.481 e. The van der Waals surface area contributed by atoms with E-state index in [1.807, 2.05) is 14.1 Å². The summed E-state index contributed by atoms with van der Waals surface area (Å²) in [5.41, 5.74) is 3.62. The molecule has 3 heteroatoms. The van der Waals surface area contributed by atoms with E-state index in [1.54, 1.807) is 0 Å². The van der Waals surface area contributed by atoms with Crippen LogP contribution in [0.4, 0.5) is 0 Å². The normalized spacial score (nSPS) is 13.0. The van der Waals surface area contributed by atoms with Crippen molar-refractivity contribution in [2.24, 2.45) is 0 Å². The molecule has 0 amide bonds. The van der Waals surface area contributed by atoms with Crippen molar-refractivity contribution in [2.75, 3.05) is 20.6 Å². The highest BCUT2D eigenvalue weighted by Crippen LogP contribution is 2.27. The predicted molar refractivity (Wildman–Crippen MR) is 78.8 cm³/mol. The van der Waals surface area contributed by atoms with Crippen LogP contribution in [-0.4, -0.2) is 36.6 Å². The fourth-order valence-corrected chi connectivity index (χ4v) is 2.38. The average Bonchev–Trinajstić information content (AvgIpc) is 2.27. The molecule has 0 spiro atoms. The number of nitrogens with zero attached hydrogens (tertiary/aromatic N) is 1. The Kier molecular flexibility index (Phi) is 5.55. The molecule has 0 aliphatic rings. The van der Waals surface area contributed by atoms with Crippen LogP contribution in [0.25, 0.3) is 0 Å². The van der Waals surface area contributed by atoms with Crippen molar-refractivity contribution in [1.29, 1.82) is 0 Å². The maximum Gasteiger partial charge on any atom is 0.304 e. The van der Waals surface area contributed by atoms with Crippen LogP contribution in [0, 0.1) is 6.92 Å². The van der Waals surface area contributed by atoms with E-state index in [4.69, 9.17) is 5.11 Å². The van der Waals surface area contributed by atoms with Gasteiger partial charge in [0, 0.05) is 12.5 Å². The maximum atomic E-state index is 11.1. The van der Waals surface area contributed by atoms with Crippen LogP contribution in [0.5, 0.6) is 0 Å². The maximum absolute atomic E-state index is 11.1. The van der Waals surface area contributed by atoms with Gasteiger partial charge < -0.3 is 10.0 Å². The van der Waals surface area contributed by atoms with E-state index in [0.717, 1.165) is 6.54 Å². The minimum atomic E-state index is -0.735. The summed E-state index contributed by atoms with van der Waals surface area (Å²) in [7, 11) is 3.97. The van der Waals surface area contributed by atoms with Gasteiger partial charge in [-0.15, -0.1) is 0 Å².